The van der Waals surface area contributed by atoms with E-state index in [0.717, 1.165) is 63.7 Å². The number of aromatic nitrogens is 3. The average Bonchev–Trinajstić information content (AvgIpc) is 3.11. The van der Waals surface area contributed by atoms with Crippen LogP contribution in [0.2, 0.25) is 0 Å². The van der Waals surface area contributed by atoms with E-state index in [2.05, 4.69) is 57.0 Å². The first-order valence-corrected chi connectivity index (χ1v) is 10.7. The van der Waals surface area contributed by atoms with Gasteiger partial charge in [0.1, 0.15) is 23.0 Å². The van der Waals surface area contributed by atoms with Crippen molar-refractivity contribution in [3.8, 4) is 5.75 Å². The van der Waals surface area contributed by atoms with E-state index in [1.807, 2.05) is 0 Å². The highest BCUT2D eigenvalue weighted by Crippen LogP contribution is 2.36. The molecule has 1 aromatic carbocycles. The molecule has 28 heavy (non-hydrogen) atoms. The normalized spacial score (nSPS) is 24.3. The van der Waals surface area contributed by atoms with Crippen molar-refractivity contribution in [1.82, 2.24) is 25.0 Å². The smallest absolute Gasteiger partial charge is 0.137 e. The van der Waals surface area contributed by atoms with Gasteiger partial charge in [-0.2, -0.15) is 0 Å². The minimum atomic E-state index is -0.0719. The molecular weight excluding hydrogens is 350 g/mol. The number of piperidine rings is 1. The van der Waals surface area contributed by atoms with Crippen molar-refractivity contribution < 1.29 is 4.74 Å². The second-order valence-corrected chi connectivity index (χ2v) is 9.18. The van der Waals surface area contributed by atoms with Crippen molar-refractivity contribution in [1.29, 1.82) is 0 Å². The number of hydrogen-bond acceptors (Lipinski definition) is 5. The van der Waals surface area contributed by atoms with Crippen molar-refractivity contribution in [2.45, 2.75) is 64.1 Å². The van der Waals surface area contributed by atoms with Crippen molar-refractivity contribution >= 4 is 0 Å². The van der Waals surface area contributed by atoms with E-state index < -0.39 is 0 Å². The van der Waals surface area contributed by atoms with Gasteiger partial charge >= 0.3 is 0 Å². The minimum absolute atomic E-state index is 0.0719. The molecule has 0 aliphatic carbocycles. The topological polar surface area (TPSA) is 55.2 Å². The lowest BCUT2D eigenvalue weighted by molar-refractivity contribution is 0.138. The Morgan fingerprint density at radius 2 is 2.14 bits per heavy atom. The van der Waals surface area contributed by atoms with E-state index in [1.165, 1.54) is 29.8 Å². The Morgan fingerprint density at radius 1 is 1.21 bits per heavy atom. The molecule has 0 unspecified atom stereocenters. The van der Waals surface area contributed by atoms with Crippen molar-refractivity contribution in [2.24, 2.45) is 0 Å². The van der Waals surface area contributed by atoms with Gasteiger partial charge in [0.15, 0.2) is 0 Å². The monoisotopic (exact) mass is 381 g/mol. The quantitative estimate of drug-likeness (QED) is 0.885. The molecule has 2 aromatic rings. The van der Waals surface area contributed by atoms with Crippen LogP contribution in [0.15, 0.2) is 18.2 Å². The van der Waals surface area contributed by atoms with Gasteiger partial charge in [-0.1, -0.05) is 12.1 Å². The standard InChI is InChI=1S/C22H31N5O/c1-22(2)13-18-12-16(5-6-19(18)28-22)14-26-10-3-4-17(15-26)21-25-24-20-7-8-23-9-11-27(20)21/h5-6,12,17,23H,3-4,7-11,13-15H2,1-2H3/t17-/m0/s1. The number of ether oxygens (including phenoxy) is 1. The first-order chi connectivity index (χ1) is 13.6. The minimum Gasteiger partial charge on any atom is -0.487 e. The summed E-state index contributed by atoms with van der Waals surface area (Å²) >= 11 is 0. The van der Waals surface area contributed by atoms with E-state index in [1.54, 1.807) is 0 Å². The summed E-state index contributed by atoms with van der Waals surface area (Å²) in [6.45, 7) is 10.6. The molecule has 0 radical (unpaired) electrons. The van der Waals surface area contributed by atoms with E-state index in [0.29, 0.717) is 5.92 Å². The highest BCUT2D eigenvalue weighted by atomic mass is 16.5. The van der Waals surface area contributed by atoms with E-state index in [4.69, 9.17) is 4.74 Å². The van der Waals surface area contributed by atoms with Crippen molar-refractivity contribution in [3.05, 3.63) is 41.0 Å². The van der Waals surface area contributed by atoms with Crippen LogP contribution in [0.25, 0.3) is 0 Å². The molecule has 3 aliphatic heterocycles. The second-order valence-electron chi connectivity index (χ2n) is 9.18. The summed E-state index contributed by atoms with van der Waals surface area (Å²) < 4.78 is 8.41. The van der Waals surface area contributed by atoms with E-state index in [9.17, 15) is 0 Å². The maximum atomic E-state index is 6.03. The Labute approximate surface area is 167 Å². The molecule has 4 heterocycles. The molecule has 1 saturated heterocycles. The highest BCUT2D eigenvalue weighted by Gasteiger charge is 2.31. The molecule has 1 N–H and O–H groups in total. The molecule has 0 spiro atoms. The summed E-state index contributed by atoms with van der Waals surface area (Å²) in [5.41, 5.74) is 2.67. The number of hydrogen-bond donors (Lipinski definition) is 1. The van der Waals surface area contributed by atoms with Crippen LogP contribution in [0.5, 0.6) is 5.75 Å². The van der Waals surface area contributed by atoms with Gasteiger partial charge in [-0.05, 0) is 50.4 Å². The molecule has 1 atom stereocenters. The molecule has 6 nitrogen and oxygen atoms in total. The molecule has 1 fully saturated rings. The van der Waals surface area contributed by atoms with Crippen molar-refractivity contribution in [3.63, 3.8) is 0 Å². The Kier molecular flexibility index (Phi) is 4.63. The number of fused-ring (bicyclic) bond motifs is 2. The Bertz CT molecular complexity index is 859. The van der Waals surface area contributed by atoms with Crippen molar-refractivity contribution in [2.75, 3.05) is 26.2 Å². The second kappa shape index (κ2) is 7.16. The molecule has 3 aliphatic rings. The Hall–Kier alpha value is -1.92. The molecule has 0 amide bonds. The largest absolute Gasteiger partial charge is 0.487 e. The van der Waals surface area contributed by atoms with Gasteiger partial charge in [0, 0.05) is 51.5 Å². The molecular formula is C22H31N5O. The summed E-state index contributed by atoms with van der Waals surface area (Å²) in [7, 11) is 0. The van der Waals surface area contributed by atoms with E-state index >= 15 is 0 Å². The number of benzene rings is 1. The van der Waals surface area contributed by atoms with E-state index in [-0.39, 0.29) is 5.60 Å². The summed E-state index contributed by atoms with van der Waals surface area (Å²) in [5.74, 6) is 3.90. The third kappa shape index (κ3) is 3.55. The van der Waals surface area contributed by atoms with Gasteiger partial charge in [0.05, 0.1) is 0 Å². The Morgan fingerprint density at radius 3 is 3.07 bits per heavy atom. The zero-order valence-electron chi connectivity index (χ0n) is 17.1. The third-order valence-electron chi connectivity index (χ3n) is 6.30. The molecule has 0 saturated carbocycles. The van der Waals surface area contributed by atoms with Crippen LogP contribution >= 0.6 is 0 Å². The van der Waals surface area contributed by atoms with Crippen LogP contribution in [0, 0.1) is 0 Å². The summed E-state index contributed by atoms with van der Waals surface area (Å²) in [6.07, 6.45) is 4.43. The average molecular weight is 382 g/mol. The fourth-order valence-electron chi connectivity index (χ4n) is 5.03. The zero-order chi connectivity index (χ0) is 19.1. The lowest BCUT2D eigenvalue weighted by atomic mass is 9.96. The van der Waals surface area contributed by atoms with Crippen LogP contribution in [0.1, 0.15) is 55.4 Å². The molecule has 1 aromatic heterocycles. The molecule has 5 rings (SSSR count). The summed E-state index contributed by atoms with van der Waals surface area (Å²) in [6, 6.07) is 6.74. The number of nitrogens with one attached hydrogen (secondary N) is 1. The van der Waals surface area contributed by atoms with Crippen LogP contribution in [0.3, 0.4) is 0 Å². The first kappa shape index (κ1) is 18.1. The predicted molar refractivity (Wildman–Crippen MR) is 109 cm³/mol. The summed E-state index contributed by atoms with van der Waals surface area (Å²) in [5, 5.41) is 12.6. The van der Waals surface area contributed by atoms with Crippen LogP contribution in [-0.2, 0) is 25.9 Å². The van der Waals surface area contributed by atoms with Gasteiger partial charge in [0.25, 0.3) is 0 Å². The lowest BCUT2D eigenvalue weighted by Gasteiger charge is -2.32. The SMILES string of the molecule is CC1(C)Cc2cc(CN3CCC[C@H](c4nnc5n4CCNCC5)C3)ccc2O1. The molecule has 150 valence electrons. The van der Waals surface area contributed by atoms with Gasteiger partial charge in [-0.3, -0.25) is 4.90 Å². The third-order valence-corrected chi connectivity index (χ3v) is 6.30. The predicted octanol–water partition coefficient (Wildman–Crippen LogP) is 2.52. The van der Waals surface area contributed by atoms with Gasteiger partial charge < -0.3 is 14.6 Å². The van der Waals surface area contributed by atoms with Gasteiger partial charge in [0.2, 0.25) is 0 Å². The lowest BCUT2D eigenvalue weighted by Crippen LogP contribution is -2.35. The van der Waals surface area contributed by atoms with Crippen LogP contribution in [-0.4, -0.2) is 51.4 Å². The van der Waals surface area contributed by atoms with Gasteiger partial charge in [-0.15, -0.1) is 10.2 Å². The molecule has 0 bridgehead atoms. The zero-order valence-corrected chi connectivity index (χ0v) is 17.1. The molecule has 6 heteroatoms. The number of rotatable bonds is 3. The summed E-state index contributed by atoms with van der Waals surface area (Å²) in [4.78, 5) is 2.59. The maximum Gasteiger partial charge on any atom is 0.137 e. The highest BCUT2D eigenvalue weighted by molar-refractivity contribution is 5.41. The Balaban J connectivity index is 1.29. The maximum absolute atomic E-state index is 6.03. The van der Waals surface area contributed by atoms with Gasteiger partial charge in [-0.25, -0.2) is 0 Å². The fraction of sp³-hybridized carbons (Fsp3) is 0.636. The number of likely N-dealkylation sites (tertiary alicyclic amines) is 1. The van der Waals surface area contributed by atoms with Crippen LogP contribution < -0.4 is 10.1 Å². The fourth-order valence-corrected chi connectivity index (χ4v) is 5.03. The number of nitrogens with zero attached hydrogens (tertiary/aromatic N) is 4. The van der Waals surface area contributed by atoms with Crippen LogP contribution in [0.4, 0.5) is 0 Å². The first-order valence-electron chi connectivity index (χ1n) is 10.7.